The van der Waals surface area contributed by atoms with Gasteiger partial charge in [0, 0.05) is 13.2 Å². The van der Waals surface area contributed by atoms with Crippen molar-refractivity contribution in [3.63, 3.8) is 0 Å². The molecule has 0 heterocycles. The lowest BCUT2D eigenvalue weighted by Crippen LogP contribution is -2.13. The van der Waals surface area contributed by atoms with Crippen molar-refractivity contribution in [3.05, 3.63) is 0 Å². The maximum atomic E-state index is 8.85. The van der Waals surface area contributed by atoms with Crippen LogP contribution in [0.3, 0.4) is 0 Å². The van der Waals surface area contributed by atoms with Gasteiger partial charge in [-0.2, -0.15) is 5.26 Å². The number of nitrogens with zero attached hydrogens (tertiary/aromatic N) is 1. The molecule has 0 N–H and O–H groups in total. The molecule has 1 aliphatic carbocycles. The van der Waals surface area contributed by atoms with Crippen LogP contribution < -0.4 is 0 Å². The highest BCUT2D eigenvalue weighted by atomic mass is 16.5. The Morgan fingerprint density at radius 2 is 2.00 bits per heavy atom. The SMILES string of the molecule is CC(C)(C#N)CCCCOCCC1CCC1. The maximum Gasteiger partial charge on any atom is 0.0683 e. The average molecular weight is 223 g/mol. The molecule has 0 aliphatic heterocycles. The van der Waals surface area contributed by atoms with Crippen molar-refractivity contribution in [2.75, 3.05) is 13.2 Å². The van der Waals surface area contributed by atoms with E-state index in [1.54, 1.807) is 0 Å². The van der Waals surface area contributed by atoms with E-state index in [2.05, 4.69) is 6.07 Å². The van der Waals surface area contributed by atoms with Crippen molar-refractivity contribution in [2.45, 2.75) is 58.8 Å². The Morgan fingerprint density at radius 3 is 2.56 bits per heavy atom. The second kappa shape index (κ2) is 6.91. The molecule has 92 valence electrons. The smallest absolute Gasteiger partial charge is 0.0683 e. The Bertz CT molecular complexity index is 225. The lowest BCUT2D eigenvalue weighted by molar-refractivity contribution is 0.102. The summed E-state index contributed by atoms with van der Waals surface area (Å²) in [6.45, 7) is 5.81. The summed E-state index contributed by atoms with van der Waals surface area (Å²) in [6, 6.07) is 2.33. The van der Waals surface area contributed by atoms with Crippen LogP contribution in [-0.4, -0.2) is 13.2 Å². The molecule has 0 unspecified atom stereocenters. The Morgan fingerprint density at radius 1 is 1.25 bits per heavy atom. The average Bonchev–Trinajstić information content (AvgIpc) is 2.19. The predicted molar refractivity (Wildman–Crippen MR) is 66.0 cm³/mol. The van der Waals surface area contributed by atoms with Gasteiger partial charge in [0.15, 0.2) is 0 Å². The molecule has 0 aromatic carbocycles. The van der Waals surface area contributed by atoms with Crippen LogP contribution in [0.2, 0.25) is 0 Å². The van der Waals surface area contributed by atoms with Gasteiger partial charge in [-0.05, 0) is 45.4 Å². The second-order valence-corrected chi connectivity index (χ2v) is 5.65. The first-order valence-corrected chi connectivity index (χ1v) is 6.63. The van der Waals surface area contributed by atoms with Crippen LogP contribution in [0.25, 0.3) is 0 Å². The third-order valence-electron chi connectivity index (χ3n) is 3.54. The van der Waals surface area contributed by atoms with Gasteiger partial charge < -0.3 is 4.74 Å². The second-order valence-electron chi connectivity index (χ2n) is 5.65. The standard InChI is InChI=1S/C14H25NO/c1-14(2,12-15)9-3-4-10-16-11-8-13-6-5-7-13/h13H,3-11H2,1-2H3. The summed E-state index contributed by atoms with van der Waals surface area (Å²) >= 11 is 0. The zero-order valence-corrected chi connectivity index (χ0v) is 10.8. The lowest BCUT2D eigenvalue weighted by atomic mass is 9.83. The van der Waals surface area contributed by atoms with E-state index in [9.17, 15) is 0 Å². The van der Waals surface area contributed by atoms with Crippen molar-refractivity contribution in [1.82, 2.24) is 0 Å². The summed E-state index contributed by atoms with van der Waals surface area (Å²) in [7, 11) is 0. The van der Waals surface area contributed by atoms with Crippen molar-refractivity contribution >= 4 is 0 Å². The number of hydrogen-bond donors (Lipinski definition) is 0. The fraction of sp³-hybridized carbons (Fsp3) is 0.929. The topological polar surface area (TPSA) is 33.0 Å². The van der Waals surface area contributed by atoms with Crippen molar-refractivity contribution in [1.29, 1.82) is 5.26 Å². The Balaban J connectivity index is 1.83. The van der Waals surface area contributed by atoms with Crippen molar-refractivity contribution < 1.29 is 4.74 Å². The molecule has 0 radical (unpaired) electrons. The molecule has 0 aromatic heterocycles. The quantitative estimate of drug-likeness (QED) is 0.584. The summed E-state index contributed by atoms with van der Waals surface area (Å²) in [5.74, 6) is 0.956. The van der Waals surface area contributed by atoms with Crippen LogP contribution in [0.5, 0.6) is 0 Å². The van der Waals surface area contributed by atoms with E-state index >= 15 is 0 Å². The van der Waals surface area contributed by atoms with Gasteiger partial charge in [0.05, 0.1) is 11.5 Å². The first kappa shape index (κ1) is 13.5. The molecule has 2 nitrogen and oxygen atoms in total. The molecule has 1 rings (SSSR count). The predicted octanol–water partition coefficient (Wildman–Crippen LogP) is 3.91. The zero-order valence-electron chi connectivity index (χ0n) is 10.8. The largest absolute Gasteiger partial charge is 0.381 e. The minimum absolute atomic E-state index is 0.161. The molecular formula is C14H25NO. The van der Waals surface area contributed by atoms with Gasteiger partial charge >= 0.3 is 0 Å². The summed E-state index contributed by atoms with van der Waals surface area (Å²) in [4.78, 5) is 0. The third-order valence-corrected chi connectivity index (χ3v) is 3.54. The number of nitriles is 1. The minimum Gasteiger partial charge on any atom is -0.381 e. The van der Waals surface area contributed by atoms with E-state index in [-0.39, 0.29) is 5.41 Å². The van der Waals surface area contributed by atoms with Gasteiger partial charge in [0.2, 0.25) is 0 Å². The van der Waals surface area contributed by atoms with Gasteiger partial charge in [-0.15, -0.1) is 0 Å². The highest BCUT2D eigenvalue weighted by Gasteiger charge is 2.17. The fourth-order valence-electron chi connectivity index (χ4n) is 1.96. The van der Waals surface area contributed by atoms with Crippen LogP contribution in [0.15, 0.2) is 0 Å². The van der Waals surface area contributed by atoms with Gasteiger partial charge in [-0.25, -0.2) is 0 Å². The summed E-state index contributed by atoms with van der Waals surface area (Å²) in [6.07, 6.45) is 8.69. The van der Waals surface area contributed by atoms with E-state index < -0.39 is 0 Å². The van der Waals surface area contributed by atoms with Gasteiger partial charge in [-0.1, -0.05) is 19.3 Å². The molecule has 1 saturated carbocycles. The van der Waals surface area contributed by atoms with E-state index in [4.69, 9.17) is 10.00 Å². The van der Waals surface area contributed by atoms with E-state index in [0.29, 0.717) is 0 Å². The van der Waals surface area contributed by atoms with Crippen LogP contribution in [0.1, 0.15) is 58.8 Å². The number of hydrogen-bond acceptors (Lipinski definition) is 2. The highest BCUT2D eigenvalue weighted by molar-refractivity contribution is 4.91. The third kappa shape index (κ3) is 5.51. The molecule has 0 spiro atoms. The Labute approximate surface area is 100.0 Å². The van der Waals surface area contributed by atoms with Crippen LogP contribution in [-0.2, 0) is 4.74 Å². The van der Waals surface area contributed by atoms with E-state index in [1.807, 2.05) is 13.8 Å². The number of rotatable bonds is 8. The summed E-state index contributed by atoms with van der Waals surface area (Å²) in [5.41, 5.74) is -0.161. The molecule has 0 atom stereocenters. The van der Waals surface area contributed by atoms with Crippen LogP contribution in [0.4, 0.5) is 0 Å². The van der Waals surface area contributed by atoms with Gasteiger partial charge in [0.1, 0.15) is 0 Å². The first-order chi connectivity index (χ1) is 7.64. The van der Waals surface area contributed by atoms with Gasteiger partial charge in [-0.3, -0.25) is 0 Å². The molecule has 1 aliphatic rings. The Hall–Kier alpha value is -0.550. The zero-order chi connectivity index (χ0) is 11.9. The summed E-state index contributed by atoms with van der Waals surface area (Å²) in [5, 5.41) is 8.85. The lowest BCUT2D eigenvalue weighted by Gasteiger charge is -2.24. The molecular weight excluding hydrogens is 198 g/mol. The van der Waals surface area contributed by atoms with E-state index in [0.717, 1.165) is 38.4 Å². The first-order valence-electron chi connectivity index (χ1n) is 6.63. The fourth-order valence-corrected chi connectivity index (χ4v) is 1.96. The van der Waals surface area contributed by atoms with E-state index in [1.165, 1.54) is 25.7 Å². The number of ether oxygens (including phenoxy) is 1. The molecule has 2 heteroatoms. The molecule has 16 heavy (non-hydrogen) atoms. The normalized spacial score (nSPS) is 16.8. The minimum atomic E-state index is -0.161. The molecule has 0 amide bonds. The molecule has 1 fully saturated rings. The van der Waals surface area contributed by atoms with Crippen molar-refractivity contribution in [3.8, 4) is 6.07 Å². The molecule has 0 bridgehead atoms. The van der Waals surface area contributed by atoms with Crippen LogP contribution in [0, 0.1) is 22.7 Å². The van der Waals surface area contributed by atoms with Gasteiger partial charge in [0.25, 0.3) is 0 Å². The monoisotopic (exact) mass is 223 g/mol. The van der Waals surface area contributed by atoms with Crippen molar-refractivity contribution in [2.24, 2.45) is 11.3 Å². The van der Waals surface area contributed by atoms with Crippen LogP contribution >= 0.6 is 0 Å². The maximum absolute atomic E-state index is 8.85. The molecule has 0 saturated heterocycles. The number of unbranched alkanes of at least 4 members (excludes halogenated alkanes) is 1. The molecule has 0 aromatic rings. The Kier molecular flexibility index (Phi) is 5.84. The summed E-state index contributed by atoms with van der Waals surface area (Å²) < 4.78 is 5.61. The highest BCUT2D eigenvalue weighted by Crippen LogP contribution is 2.29.